The summed E-state index contributed by atoms with van der Waals surface area (Å²) < 4.78 is 26.0. The van der Waals surface area contributed by atoms with E-state index in [4.69, 9.17) is 0 Å². The minimum Gasteiger partial charge on any atom is -0.508 e. The van der Waals surface area contributed by atoms with Crippen molar-refractivity contribution < 1.29 is 13.5 Å². The fourth-order valence-electron chi connectivity index (χ4n) is 3.76. The number of hydrogen-bond donors (Lipinski definition) is 2. The summed E-state index contributed by atoms with van der Waals surface area (Å²) in [5.74, 6) is 0.224. The average Bonchev–Trinajstić information content (AvgIpc) is 2.63. The zero-order valence-corrected chi connectivity index (χ0v) is 17.7. The van der Waals surface area contributed by atoms with Crippen LogP contribution in [0.2, 0.25) is 0 Å². The summed E-state index contributed by atoms with van der Waals surface area (Å²) in [5.41, 5.74) is 1.89. The van der Waals surface area contributed by atoms with E-state index in [1.807, 2.05) is 24.3 Å². The number of phenols is 1. The fourth-order valence-corrected chi connectivity index (χ4v) is 4.66. The highest BCUT2D eigenvalue weighted by molar-refractivity contribution is 7.89. The first-order valence-corrected chi connectivity index (χ1v) is 10.9. The summed E-state index contributed by atoms with van der Waals surface area (Å²) in [6, 6.07) is 14.3. The predicted octanol–water partition coefficient (Wildman–Crippen LogP) is 2.42. The Morgan fingerprint density at radius 3 is 2.36 bits per heavy atom. The lowest BCUT2D eigenvalue weighted by molar-refractivity contribution is 0.0600. The predicted molar refractivity (Wildman–Crippen MR) is 111 cm³/mol. The summed E-state index contributed by atoms with van der Waals surface area (Å²) >= 11 is 0. The van der Waals surface area contributed by atoms with Crippen LogP contribution in [0.15, 0.2) is 53.4 Å². The van der Waals surface area contributed by atoms with Crippen LogP contribution in [0.4, 0.5) is 0 Å². The van der Waals surface area contributed by atoms with Gasteiger partial charge in [-0.2, -0.15) is 0 Å². The largest absolute Gasteiger partial charge is 0.508 e. The number of rotatable bonds is 5. The third-order valence-electron chi connectivity index (χ3n) is 5.34. The maximum absolute atomic E-state index is 12.4. The molecule has 152 valence electrons. The molecular formula is C21H29N3O3S. The molecule has 2 aromatic rings. The molecule has 0 aromatic heterocycles. The summed E-state index contributed by atoms with van der Waals surface area (Å²) in [7, 11) is -0.409. The van der Waals surface area contributed by atoms with E-state index < -0.39 is 10.0 Å². The minimum atomic E-state index is -3.47. The highest BCUT2D eigenvalue weighted by atomic mass is 32.2. The van der Waals surface area contributed by atoms with Crippen LogP contribution in [0.3, 0.4) is 0 Å². The number of sulfonamides is 1. The quantitative estimate of drug-likeness (QED) is 0.802. The smallest absolute Gasteiger partial charge is 0.242 e. The zero-order valence-electron chi connectivity index (χ0n) is 16.9. The fraction of sp³-hybridized carbons (Fsp3) is 0.429. The molecule has 0 radical (unpaired) electrons. The van der Waals surface area contributed by atoms with Crippen molar-refractivity contribution in [2.24, 2.45) is 0 Å². The summed E-state index contributed by atoms with van der Waals surface area (Å²) in [6.45, 7) is 6.98. The number of nitrogens with zero attached hydrogens (tertiary/aromatic N) is 2. The molecule has 1 saturated heterocycles. The average molecular weight is 404 g/mol. The third kappa shape index (κ3) is 4.07. The first kappa shape index (κ1) is 20.8. The first-order chi connectivity index (χ1) is 13.1. The molecule has 7 heteroatoms. The van der Waals surface area contributed by atoms with Crippen LogP contribution in [0, 0.1) is 0 Å². The van der Waals surface area contributed by atoms with E-state index in [1.165, 1.54) is 18.4 Å². The molecule has 0 spiro atoms. The molecular weight excluding hydrogens is 374 g/mol. The third-order valence-corrected chi connectivity index (χ3v) is 7.17. The van der Waals surface area contributed by atoms with Gasteiger partial charge in [-0.25, -0.2) is 12.7 Å². The van der Waals surface area contributed by atoms with E-state index >= 15 is 0 Å². The Kier molecular flexibility index (Phi) is 5.82. The van der Waals surface area contributed by atoms with E-state index in [2.05, 4.69) is 24.1 Å². The molecule has 0 saturated carbocycles. The standard InChI is InChI=1S/C21H29N3O3S/c1-21(2)15-22-12-13-24(21)20(17-6-5-7-18(25)14-17)16-8-10-19(11-9-16)28(26,27)23(3)4/h5-11,14,20,22,25H,12-13,15H2,1-4H3/t20-/m1/s1. The van der Waals surface area contributed by atoms with Gasteiger partial charge in [0.1, 0.15) is 5.75 Å². The molecule has 28 heavy (non-hydrogen) atoms. The van der Waals surface area contributed by atoms with E-state index in [1.54, 1.807) is 24.3 Å². The van der Waals surface area contributed by atoms with E-state index in [9.17, 15) is 13.5 Å². The van der Waals surface area contributed by atoms with Gasteiger partial charge in [0, 0.05) is 39.3 Å². The van der Waals surface area contributed by atoms with Crippen LogP contribution >= 0.6 is 0 Å². The topological polar surface area (TPSA) is 72.9 Å². The molecule has 0 amide bonds. The molecule has 3 rings (SSSR count). The summed E-state index contributed by atoms with van der Waals surface area (Å²) in [5, 5.41) is 13.5. The molecule has 1 heterocycles. The molecule has 0 bridgehead atoms. The SMILES string of the molecule is CN(C)S(=O)(=O)c1ccc([C@H](c2cccc(O)c2)N2CCNCC2(C)C)cc1. The number of hydrogen-bond acceptors (Lipinski definition) is 5. The van der Waals surface area contributed by atoms with Crippen molar-refractivity contribution in [2.45, 2.75) is 30.3 Å². The second-order valence-electron chi connectivity index (χ2n) is 8.04. The Balaban J connectivity index is 2.07. The Morgan fingerprint density at radius 1 is 1.11 bits per heavy atom. The summed E-state index contributed by atoms with van der Waals surface area (Å²) in [4.78, 5) is 2.68. The van der Waals surface area contributed by atoms with Gasteiger partial charge < -0.3 is 10.4 Å². The van der Waals surface area contributed by atoms with Crippen LogP contribution < -0.4 is 5.32 Å². The number of benzene rings is 2. The Labute approximate surface area is 167 Å². The molecule has 6 nitrogen and oxygen atoms in total. The first-order valence-electron chi connectivity index (χ1n) is 9.42. The van der Waals surface area contributed by atoms with Crippen molar-refractivity contribution in [1.82, 2.24) is 14.5 Å². The van der Waals surface area contributed by atoms with Crippen molar-refractivity contribution in [1.29, 1.82) is 0 Å². The van der Waals surface area contributed by atoms with E-state index in [0.29, 0.717) is 0 Å². The Hall–Kier alpha value is -1.93. The van der Waals surface area contributed by atoms with Gasteiger partial charge in [0.15, 0.2) is 0 Å². The Bertz CT molecular complexity index is 924. The minimum absolute atomic E-state index is 0.0830. The highest BCUT2D eigenvalue weighted by Gasteiger charge is 2.36. The molecule has 0 aliphatic carbocycles. The highest BCUT2D eigenvalue weighted by Crippen LogP contribution is 2.36. The lowest BCUT2D eigenvalue weighted by Crippen LogP contribution is -2.58. The van der Waals surface area contributed by atoms with Crippen molar-refractivity contribution in [3.63, 3.8) is 0 Å². The second kappa shape index (κ2) is 7.83. The van der Waals surface area contributed by atoms with E-state index in [0.717, 1.165) is 30.8 Å². The molecule has 1 aliphatic heterocycles. The van der Waals surface area contributed by atoms with Crippen LogP contribution in [-0.4, -0.2) is 62.0 Å². The number of phenolic OH excluding ortho intramolecular Hbond substituents is 1. The zero-order chi connectivity index (χ0) is 20.5. The molecule has 2 aromatic carbocycles. The van der Waals surface area contributed by atoms with Crippen molar-refractivity contribution in [3.8, 4) is 5.75 Å². The maximum Gasteiger partial charge on any atom is 0.242 e. The normalized spacial score (nSPS) is 18.9. The molecule has 1 aliphatic rings. The molecule has 2 N–H and O–H groups in total. The Morgan fingerprint density at radius 2 is 1.79 bits per heavy atom. The van der Waals surface area contributed by atoms with Crippen molar-refractivity contribution in [3.05, 3.63) is 59.7 Å². The lowest BCUT2D eigenvalue weighted by atomic mass is 9.90. The van der Waals surface area contributed by atoms with Crippen LogP contribution in [0.25, 0.3) is 0 Å². The van der Waals surface area contributed by atoms with Gasteiger partial charge in [-0.05, 0) is 49.2 Å². The molecule has 0 unspecified atom stereocenters. The van der Waals surface area contributed by atoms with Crippen molar-refractivity contribution >= 4 is 10.0 Å². The molecule has 1 fully saturated rings. The van der Waals surface area contributed by atoms with Gasteiger partial charge in [-0.15, -0.1) is 0 Å². The monoisotopic (exact) mass is 403 g/mol. The number of piperazine rings is 1. The van der Waals surface area contributed by atoms with Crippen LogP contribution in [0.5, 0.6) is 5.75 Å². The summed E-state index contributed by atoms with van der Waals surface area (Å²) in [6.07, 6.45) is 0. The van der Waals surface area contributed by atoms with Gasteiger partial charge in [-0.1, -0.05) is 24.3 Å². The van der Waals surface area contributed by atoms with E-state index in [-0.39, 0.29) is 22.2 Å². The van der Waals surface area contributed by atoms with Gasteiger partial charge in [0.25, 0.3) is 0 Å². The van der Waals surface area contributed by atoms with Crippen LogP contribution in [0.1, 0.15) is 31.0 Å². The van der Waals surface area contributed by atoms with Gasteiger partial charge >= 0.3 is 0 Å². The van der Waals surface area contributed by atoms with Crippen molar-refractivity contribution in [2.75, 3.05) is 33.7 Å². The number of aromatic hydroxyl groups is 1. The second-order valence-corrected chi connectivity index (χ2v) is 10.2. The lowest BCUT2D eigenvalue weighted by Gasteiger charge is -2.47. The number of nitrogens with one attached hydrogen (secondary N) is 1. The van der Waals surface area contributed by atoms with Gasteiger partial charge in [0.05, 0.1) is 10.9 Å². The maximum atomic E-state index is 12.4. The molecule has 1 atom stereocenters. The van der Waals surface area contributed by atoms with Crippen LogP contribution in [-0.2, 0) is 10.0 Å². The van der Waals surface area contributed by atoms with Gasteiger partial charge in [0.2, 0.25) is 10.0 Å². The van der Waals surface area contributed by atoms with Gasteiger partial charge in [-0.3, -0.25) is 4.90 Å².